The minimum absolute atomic E-state index is 0.110. The van der Waals surface area contributed by atoms with Crippen LogP contribution in [-0.4, -0.2) is 62.3 Å². The number of nitrogens with one attached hydrogen (secondary N) is 2. The molecule has 1 amide bonds. The second kappa shape index (κ2) is 6.50. The molecule has 104 valence electrons. The van der Waals surface area contributed by atoms with E-state index in [9.17, 15) is 4.79 Å². The maximum absolute atomic E-state index is 11.3. The molecule has 0 aromatic rings. The molecule has 5 nitrogen and oxygen atoms in total. The average molecular weight is 255 g/mol. The van der Waals surface area contributed by atoms with E-state index in [2.05, 4.69) is 22.5 Å². The lowest BCUT2D eigenvalue weighted by atomic mass is 10.0. The Morgan fingerprint density at radius 3 is 2.61 bits per heavy atom. The van der Waals surface area contributed by atoms with Gasteiger partial charge in [0.15, 0.2) is 0 Å². The van der Waals surface area contributed by atoms with E-state index in [1.807, 2.05) is 0 Å². The standard InChI is InChI=1S/C13H25N3O2/c1-10-12(5-8-18-10)15-11-3-6-16(7-4-11)9-13(17)14-2/h10-12,15H,3-9H2,1-2H3,(H,14,17). The molecule has 2 aliphatic heterocycles. The lowest BCUT2D eigenvalue weighted by Gasteiger charge is -2.33. The molecule has 2 aliphatic rings. The minimum Gasteiger partial charge on any atom is -0.377 e. The van der Waals surface area contributed by atoms with Crippen molar-refractivity contribution in [3.63, 3.8) is 0 Å². The fourth-order valence-corrected chi connectivity index (χ4v) is 2.79. The van der Waals surface area contributed by atoms with Gasteiger partial charge in [-0.25, -0.2) is 0 Å². The Hall–Kier alpha value is -0.650. The Kier molecular flexibility index (Phi) is 4.97. The highest BCUT2D eigenvalue weighted by Crippen LogP contribution is 2.17. The monoisotopic (exact) mass is 255 g/mol. The van der Waals surface area contributed by atoms with Crippen LogP contribution in [0.25, 0.3) is 0 Å². The minimum atomic E-state index is 0.110. The molecule has 0 aromatic heterocycles. The van der Waals surface area contributed by atoms with Crippen molar-refractivity contribution in [1.82, 2.24) is 15.5 Å². The number of rotatable bonds is 4. The zero-order valence-corrected chi connectivity index (χ0v) is 11.4. The van der Waals surface area contributed by atoms with Crippen molar-refractivity contribution >= 4 is 5.91 Å². The molecule has 2 N–H and O–H groups in total. The second-order valence-corrected chi connectivity index (χ2v) is 5.36. The first kappa shape index (κ1) is 13.8. The summed E-state index contributed by atoms with van der Waals surface area (Å²) in [4.78, 5) is 13.5. The van der Waals surface area contributed by atoms with Gasteiger partial charge in [0, 0.05) is 38.8 Å². The Bertz CT molecular complexity index is 277. The largest absolute Gasteiger partial charge is 0.377 e. The summed E-state index contributed by atoms with van der Waals surface area (Å²) < 4.78 is 5.57. The lowest BCUT2D eigenvalue weighted by molar-refractivity contribution is -0.122. The summed E-state index contributed by atoms with van der Waals surface area (Å²) in [5.74, 6) is 0.110. The van der Waals surface area contributed by atoms with Crippen molar-refractivity contribution in [2.24, 2.45) is 0 Å². The molecule has 2 atom stereocenters. The fraction of sp³-hybridized carbons (Fsp3) is 0.923. The maximum Gasteiger partial charge on any atom is 0.233 e. The first-order valence-electron chi connectivity index (χ1n) is 6.99. The predicted molar refractivity (Wildman–Crippen MR) is 70.5 cm³/mol. The smallest absolute Gasteiger partial charge is 0.233 e. The van der Waals surface area contributed by atoms with Crippen molar-refractivity contribution in [3.8, 4) is 0 Å². The molecular formula is C13H25N3O2. The molecule has 0 saturated carbocycles. The predicted octanol–water partition coefficient (Wildman–Crippen LogP) is -0.0362. The van der Waals surface area contributed by atoms with Crippen molar-refractivity contribution < 1.29 is 9.53 Å². The van der Waals surface area contributed by atoms with E-state index in [-0.39, 0.29) is 5.91 Å². The molecule has 2 fully saturated rings. The summed E-state index contributed by atoms with van der Waals surface area (Å²) in [6.07, 6.45) is 3.72. The Morgan fingerprint density at radius 1 is 1.33 bits per heavy atom. The van der Waals surface area contributed by atoms with E-state index >= 15 is 0 Å². The molecule has 2 rings (SSSR count). The number of likely N-dealkylation sites (tertiary alicyclic amines) is 1. The van der Waals surface area contributed by atoms with Crippen LogP contribution in [0, 0.1) is 0 Å². The van der Waals surface area contributed by atoms with Gasteiger partial charge in [0.25, 0.3) is 0 Å². The van der Waals surface area contributed by atoms with Crippen LogP contribution in [0.5, 0.6) is 0 Å². The number of piperidine rings is 1. The van der Waals surface area contributed by atoms with Crippen LogP contribution in [0.1, 0.15) is 26.2 Å². The SMILES string of the molecule is CNC(=O)CN1CCC(NC2CCOC2C)CC1. The lowest BCUT2D eigenvalue weighted by Crippen LogP contribution is -2.49. The number of hydrogen-bond donors (Lipinski definition) is 2. The Balaban J connectivity index is 1.68. The number of hydrogen-bond acceptors (Lipinski definition) is 4. The third-order valence-electron chi connectivity index (χ3n) is 4.06. The quantitative estimate of drug-likeness (QED) is 0.740. The van der Waals surface area contributed by atoms with E-state index in [1.165, 1.54) is 0 Å². The summed E-state index contributed by atoms with van der Waals surface area (Å²) in [6.45, 7) is 5.58. The zero-order valence-electron chi connectivity index (χ0n) is 11.4. The third-order valence-corrected chi connectivity index (χ3v) is 4.06. The van der Waals surface area contributed by atoms with Crippen molar-refractivity contribution in [2.75, 3.05) is 33.3 Å². The van der Waals surface area contributed by atoms with E-state index in [1.54, 1.807) is 7.05 Å². The van der Waals surface area contributed by atoms with Crippen LogP contribution >= 0.6 is 0 Å². The summed E-state index contributed by atoms with van der Waals surface area (Å²) in [5.41, 5.74) is 0. The molecule has 5 heteroatoms. The summed E-state index contributed by atoms with van der Waals surface area (Å²) in [5, 5.41) is 6.38. The molecule has 0 aliphatic carbocycles. The Morgan fingerprint density at radius 2 is 2.06 bits per heavy atom. The van der Waals surface area contributed by atoms with Gasteiger partial charge in [-0.05, 0) is 26.2 Å². The van der Waals surface area contributed by atoms with Crippen molar-refractivity contribution in [2.45, 2.75) is 44.4 Å². The highest BCUT2D eigenvalue weighted by atomic mass is 16.5. The third kappa shape index (κ3) is 3.67. The number of nitrogens with zero attached hydrogens (tertiary/aromatic N) is 1. The van der Waals surface area contributed by atoms with Gasteiger partial charge in [-0.3, -0.25) is 9.69 Å². The van der Waals surface area contributed by atoms with E-state index < -0.39 is 0 Å². The van der Waals surface area contributed by atoms with Crippen LogP contribution in [-0.2, 0) is 9.53 Å². The first-order chi connectivity index (χ1) is 8.69. The van der Waals surface area contributed by atoms with Crippen LogP contribution < -0.4 is 10.6 Å². The number of carbonyl (C=O) groups excluding carboxylic acids is 1. The topological polar surface area (TPSA) is 53.6 Å². The normalized spacial score (nSPS) is 30.6. The van der Waals surface area contributed by atoms with Gasteiger partial charge < -0.3 is 15.4 Å². The number of carbonyl (C=O) groups is 1. The van der Waals surface area contributed by atoms with Crippen molar-refractivity contribution in [3.05, 3.63) is 0 Å². The molecule has 0 aromatic carbocycles. The number of amides is 1. The molecule has 18 heavy (non-hydrogen) atoms. The van der Waals surface area contributed by atoms with E-state index in [0.717, 1.165) is 39.0 Å². The van der Waals surface area contributed by atoms with Gasteiger partial charge in [0.05, 0.1) is 12.6 Å². The van der Waals surface area contributed by atoms with Gasteiger partial charge in [-0.15, -0.1) is 0 Å². The second-order valence-electron chi connectivity index (χ2n) is 5.36. The molecule has 2 unspecified atom stereocenters. The molecule has 2 heterocycles. The van der Waals surface area contributed by atoms with Gasteiger partial charge in [-0.1, -0.05) is 0 Å². The maximum atomic E-state index is 11.3. The fourth-order valence-electron chi connectivity index (χ4n) is 2.79. The molecule has 2 saturated heterocycles. The highest BCUT2D eigenvalue weighted by Gasteiger charge is 2.28. The van der Waals surface area contributed by atoms with E-state index in [0.29, 0.717) is 24.7 Å². The van der Waals surface area contributed by atoms with Gasteiger partial charge in [-0.2, -0.15) is 0 Å². The summed E-state index contributed by atoms with van der Waals surface area (Å²) >= 11 is 0. The Labute approximate surface area is 109 Å². The van der Waals surface area contributed by atoms with Crippen LogP contribution in [0.4, 0.5) is 0 Å². The van der Waals surface area contributed by atoms with Gasteiger partial charge >= 0.3 is 0 Å². The summed E-state index contributed by atoms with van der Waals surface area (Å²) in [6, 6.07) is 1.10. The van der Waals surface area contributed by atoms with Crippen LogP contribution in [0.2, 0.25) is 0 Å². The van der Waals surface area contributed by atoms with E-state index in [4.69, 9.17) is 4.74 Å². The van der Waals surface area contributed by atoms with Crippen molar-refractivity contribution in [1.29, 1.82) is 0 Å². The van der Waals surface area contributed by atoms with Gasteiger partial charge in [0.1, 0.15) is 0 Å². The molecule has 0 bridgehead atoms. The molecule has 0 radical (unpaired) electrons. The highest BCUT2D eigenvalue weighted by molar-refractivity contribution is 5.77. The number of ether oxygens (including phenoxy) is 1. The molecular weight excluding hydrogens is 230 g/mol. The molecule has 0 spiro atoms. The summed E-state index contributed by atoms with van der Waals surface area (Å²) in [7, 11) is 1.69. The van der Waals surface area contributed by atoms with Crippen LogP contribution in [0.15, 0.2) is 0 Å². The zero-order chi connectivity index (χ0) is 13.0. The van der Waals surface area contributed by atoms with Gasteiger partial charge in [0.2, 0.25) is 5.91 Å². The average Bonchev–Trinajstić information content (AvgIpc) is 2.77. The number of likely N-dealkylation sites (N-methyl/N-ethyl adjacent to an activating group) is 1. The van der Waals surface area contributed by atoms with Crippen LogP contribution in [0.3, 0.4) is 0 Å². The first-order valence-corrected chi connectivity index (χ1v) is 6.99.